The molecular weight excluding hydrogens is 577 g/mol. The van der Waals surface area contributed by atoms with Crippen molar-refractivity contribution in [3.05, 3.63) is 137 Å². The van der Waals surface area contributed by atoms with Gasteiger partial charge >= 0.3 is 0 Å². The Balaban J connectivity index is 1.37. The zero-order valence-electron chi connectivity index (χ0n) is 24.6. The van der Waals surface area contributed by atoms with Crippen LogP contribution >= 0.6 is 0 Å². The van der Waals surface area contributed by atoms with Crippen LogP contribution in [0.2, 0.25) is 0 Å². The maximum atomic E-state index is 13.9. The van der Waals surface area contributed by atoms with Gasteiger partial charge in [0.25, 0.3) is 0 Å². The molecule has 0 heterocycles. The summed E-state index contributed by atoms with van der Waals surface area (Å²) in [7, 11) is -3.57. The van der Waals surface area contributed by atoms with Crippen LogP contribution in [0.15, 0.2) is 108 Å². The lowest BCUT2D eigenvalue weighted by molar-refractivity contribution is -0.141. The molecule has 44 heavy (non-hydrogen) atoms. The lowest BCUT2D eigenvalue weighted by Gasteiger charge is -2.32. The van der Waals surface area contributed by atoms with Crippen molar-refractivity contribution in [2.24, 2.45) is 0 Å². The topological polar surface area (TPSA) is 95.6 Å². The van der Waals surface area contributed by atoms with Crippen LogP contribution in [0.3, 0.4) is 0 Å². The number of sulfonamides is 1. The molecule has 5 rings (SSSR count). The average molecular weight is 614 g/mol. The summed E-state index contributed by atoms with van der Waals surface area (Å²) >= 11 is 0. The first-order valence-corrected chi connectivity index (χ1v) is 16.2. The van der Waals surface area contributed by atoms with E-state index < -0.39 is 16.1 Å². The van der Waals surface area contributed by atoms with E-state index in [1.54, 1.807) is 36.4 Å². The number of amides is 2. The van der Waals surface area contributed by atoms with E-state index in [-0.39, 0.29) is 41.5 Å². The summed E-state index contributed by atoms with van der Waals surface area (Å²) in [6.07, 6.45) is 2.13. The third-order valence-electron chi connectivity index (χ3n) is 7.61. The third kappa shape index (κ3) is 8.39. The van der Waals surface area contributed by atoms with Crippen molar-refractivity contribution in [3.63, 3.8) is 0 Å². The van der Waals surface area contributed by atoms with Gasteiger partial charge < -0.3 is 10.2 Å². The minimum Gasteiger partial charge on any atom is -0.350 e. The molecule has 0 spiro atoms. The maximum Gasteiger partial charge on any atom is 0.247 e. The van der Waals surface area contributed by atoms with Crippen molar-refractivity contribution < 1.29 is 22.4 Å². The number of carbonyl (C=O) groups is 2. The smallest absolute Gasteiger partial charge is 0.247 e. The summed E-state index contributed by atoms with van der Waals surface area (Å²) in [6, 6.07) is 28.5. The zero-order chi connectivity index (χ0) is 31.1. The third-order valence-corrected chi connectivity index (χ3v) is 9.15. The van der Waals surface area contributed by atoms with Crippen LogP contribution in [0.4, 0.5) is 4.39 Å². The van der Waals surface area contributed by atoms with Gasteiger partial charge in [0.2, 0.25) is 21.8 Å². The molecule has 0 radical (unpaired) electrons. The van der Waals surface area contributed by atoms with Gasteiger partial charge in [0.05, 0.1) is 4.90 Å². The fourth-order valence-corrected chi connectivity index (χ4v) is 6.23. The molecule has 228 valence electrons. The van der Waals surface area contributed by atoms with Crippen LogP contribution in [-0.4, -0.2) is 31.2 Å². The Morgan fingerprint density at radius 3 is 2.09 bits per heavy atom. The highest BCUT2D eigenvalue weighted by Gasteiger charge is 2.31. The summed E-state index contributed by atoms with van der Waals surface area (Å²) < 4.78 is 41.5. The Bertz CT molecular complexity index is 1670. The number of aryl methyl sites for hydroxylation is 2. The Morgan fingerprint density at radius 2 is 1.45 bits per heavy atom. The molecule has 1 saturated carbocycles. The number of carbonyl (C=O) groups excluding carboxylic acids is 2. The SMILES string of the molecule is Cc1ccc(CNC(=O)[C@H](c2ccccc2)N(Cc2ccc(F)cc2)C(=O)CCc2ccc(S(=O)(=O)NC3CC3)cc2)cc1. The van der Waals surface area contributed by atoms with E-state index in [9.17, 15) is 22.4 Å². The molecule has 1 aliphatic carbocycles. The second kappa shape index (κ2) is 14.0. The molecule has 0 aromatic heterocycles. The van der Waals surface area contributed by atoms with E-state index in [0.717, 1.165) is 29.5 Å². The van der Waals surface area contributed by atoms with E-state index in [0.29, 0.717) is 24.1 Å². The first-order valence-electron chi connectivity index (χ1n) is 14.7. The molecular formula is C35H36FN3O4S. The highest BCUT2D eigenvalue weighted by Crippen LogP contribution is 2.26. The fraction of sp³-hybridized carbons (Fsp3) is 0.257. The van der Waals surface area contributed by atoms with Crippen LogP contribution in [0.1, 0.15) is 53.1 Å². The largest absolute Gasteiger partial charge is 0.350 e. The van der Waals surface area contributed by atoms with Gasteiger partial charge in [0.1, 0.15) is 11.9 Å². The predicted octanol–water partition coefficient (Wildman–Crippen LogP) is 5.59. The van der Waals surface area contributed by atoms with E-state index >= 15 is 0 Å². The summed E-state index contributed by atoms with van der Waals surface area (Å²) in [5, 5.41) is 3.00. The number of nitrogens with zero attached hydrogens (tertiary/aromatic N) is 1. The molecule has 2 N–H and O–H groups in total. The molecule has 0 bridgehead atoms. The van der Waals surface area contributed by atoms with Crippen molar-refractivity contribution >= 4 is 21.8 Å². The monoisotopic (exact) mass is 613 g/mol. The summed E-state index contributed by atoms with van der Waals surface area (Å²) in [4.78, 5) is 29.5. The summed E-state index contributed by atoms with van der Waals surface area (Å²) in [5.74, 6) is -0.981. The van der Waals surface area contributed by atoms with Gasteiger partial charge in [-0.1, -0.05) is 84.4 Å². The molecule has 9 heteroatoms. The van der Waals surface area contributed by atoms with E-state index in [1.807, 2.05) is 61.5 Å². The lowest BCUT2D eigenvalue weighted by Crippen LogP contribution is -2.43. The van der Waals surface area contributed by atoms with E-state index in [4.69, 9.17) is 0 Å². The molecule has 0 aliphatic heterocycles. The van der Waals surface area contributed by atoms with E-state index in [1.165, 1.54) is 17.0 Å². The zero-order valence-corrected chi connectivity index (χ0v) is 25.4. The second-order valence-corrected chi connectivity index (χ2v) is 12.9. The quantitative estimate of drug-likeness (QED) is 0.205. The highest BCUT2D eigenvalue weighted by molar-refractivity contribution is 7.89. The van der Waals surface area contributed by atoms with Gasteiger partial charge in [-0.2, -0.15) is 0 Å². The minimum absolute atomic E-state index is 0.0102. The van der Waals surface area contributed by atoms with Gasteiger partial charge in [0.15, 0.2) is 0 Å². The Labute approximate surface area is 258 Å². The van der Waals surface area contributed by atoms with Gasteiger partial charge in [-0.3, -0.25) is 9.59 Å². The van der Waals surface area contributed by atoms with Crippen LogP contribution in [0, 0.1) is 12.7 Å². The molecule has 7 nitrogen and oxygen atoms in total. The van der Waals surface area contributed by atoms with Crippen molar-refractivity contribution in [2.45, 2.75) is 62.7 Å². The van der Waals surface area contributed by atoms with Gasteiger partial charge in [-0.15, -0.1) is 0 Å². The van der Waals surface area contributed by atoms with Gasteiger partial charge in [0, 0.05) is 25.6 Å². The van der Waals surface area contributed by atoms with Crippen molar-refractivity contribution in [2.75, 3.05) is 0 Å². The number of benzene rings is 4. The molecule has 4 aromatic rings. The molecule has 2 amide bonds. The van der Waals surface area contributed by atoms with Crippen molar-refractivity contribution in [1.82, 2.24) is 14.9 Å². The normalized spacial score (nSPS) is 13.7. The van der Waals surface area contributed by atoms with Gasteiger partial charge in [-0.05, 0) is 72.7 Å². The summed E-state index contributed by atoms with van der Waals surface area (Å²) in [6.45, 7) is 2.39. The Hall–Kier alpha value is -4.34. The minimum atomic E-state index is -3.57. The van der Waals surface area contributed by atoms with Crippen LogP contribution in [0.25, 0.3) is 0 Å². The van der Waals surface area contributed by atoms with Crippen molar-refractivity contribution in [1.29, 1.82) is 0 Å². The number of hydrogen-bond acceptors (Lipinski definition) is 4. The molecule has 0 saturated heterocycles. The first kappa shape index (κ1) is 31.1. The number of hydrogen-bond donors (Lipinski definition) is 2. The van der Waals surface area contributed by atoms with Gasteiger partial charge in [-0.25, -0.2) is 17.5 Å². The van der Waals surface area contributed by atoms with Crippen molar-refractivity contribution in [3.8, 4) is 0 Å². The second-order valence-electron chi connectivity index (χ2n) is 11.2. The average Bonchev–Trinajstić information content (AvgIpc) is 3.84. The molecule has 1 fully saturated rings. The van der Waals surface area contributed by atoms with Crippen LogP contribution in [0.5, 0.6) is 0 Å². The number of rotatable bonds is 13. The molecule has 4 aromatic carbocycles. The molecule has 1 aliphatic rings. The predicted molar refractivity (Wildman–Crippen MR) is 167 cm³/mol. The molecule has 1 atom stereocenters. The molecule has 0 unspecified atom stereocenters. The maximum absolute atomic E-state index is 13.9. The first-order chi connectivity index (χ1) is 21.2. The Morgan fingerprint density at radius 1 is 0.841 bits per heavy atom. The Kier molecular flexibility index (Phi) is 9.87. The standard InChI is InChI=1S/C35H36FN3O4S/c1-25-7-9-27(10-8-25)23-37-35(41)34(29-5-3-2-4-6-29)39(24-28-11-16-30(36)17-12-28)33(40)22-15-26-13-20-32(21-14-26)44(42,43)38-31-18-19-31/h2-14,16-17,20-21,31,34,38H,15,18-19,22-24H2,1H3,(H,37,41)/t34-/m0/s1. The number of halogens is 1. The van der Waals surface area contributed by atoms with Crippen LogP contribution < -0.4 is 10.0 Å². The van der Waals surface area contributed by atoms with E-state index in [2.05, 4.69) is 10.0 Å². The highest BCUT2D eigenvalue weighted by atomic mass is 32.2. The number of nitrogens with one attached hydrogen (secondary N) is 2. The fourth-order valence-electron chi connectivity index (χ4n) is 4.93. The van der Waals surface area contributed by atoms with Crippen LogP contribution in [-0.2, 0) is 39.1 Å². The summed E-state index contributed by atoms with van der Waals surface area (Å²) in [5.41, 5.74) is 4.19. The lowest BCUT2D eigenvalue weighted by atomic mass is 10.0.